The number of benzene rings is 2. The number of thiazole rings is 1. The Balaban J connectivity index is 1.21. The number of hydrogen-bond acceptors (Lipinski definition) is 7. The van der Waals surface area contributed by atoms with E-state index in [1.54, 1.807) is 11.6 Å². The van der Waals surface area contributed by atoms with Gasteiger partial charge in [0.05, 0.1) is 6.54 Å². The van der Waals surface area contributed by atoms with Crippen molar-refractivity contribution >= 4 is 32.7 Å². The maximum absolute atomic E-state index is 13.2. The van der Waals surface area contributed by atoms with Crippen molar-refractivity contribution in [3.63, 3.8) is 0 Å². The number of nitrogens with one attached hydrogen (secondary N) is 1. The Labute approximate surface area is 213 Å². The highest BCUT2D eigenvalue weighted by Crippen LogP contribution is 2.32. The number of carbonyl (C=O) groups excluding carboxylic acids is 1. The van der Waals surface area contributed by atoms with Gasteiger partial charge in [0.2, 0.25) is 5.91 Å². The minimum Gasteiger partial charge on any atom is -0.350 e. The Morgan fingerprint density at radius 1 is 1.06 bits per heavy atom. The molecule has 2 aliphatic rings. The first kappa shape index (κ1) is 22.9. The lowest BCUT2D eigenvalue weighted by Gasteiger charge is -2.23. The minimum atomic E-state index is -0.291. The number of rotatable bonds is 6. The molecule has 2 aliphatic heterocycles. The van der Waals surface area contributed by atoms with Crippen molar-refractivity contribution in [2.24, 2.45) is 7.05 Å². The Morgan fingerprint density at radius 3 is 2.53 bits per heavy atom. The molecule has 0 spiro atoms. The summed E-state index contributed by atoms with van der Waals surface area (Å²) >= 11 is 1.40. The predicted molar refractivity (Wildman–Crippen MR) is 141 cm³/mol. The summed E-state index contributed by atoms with van der Waals surface area (Å²) < 4.78 is 1.61. The Morgan fingerprint density at radius 2 is 1.78 bits per heavy atom. The molecule has 184 valence electrons. The fourth-order valence-corrected chi connectivity index (χ4v) is 6.16. The third-order valence-corrected chi connectivity index (χ3v) is 8.09. The summed E-state index contributed by atoms with van der Waals surface area (Å²) in [7, 11) is 1.77. The van der Waals surface area contributed by atoms with E-state index in [0.717, 1.165) is 43.9 Å². The smallest absolute Gasteiger partial charge is 0.280 e. The van der Waals surface area contributed by atoms with Gasteiger partial charge in [0.1, 0.15) is 11.9 Å². The van der Waals surface area contributed by atoms with E-state index in [2.05, 4.69) is 39.5 Å². The van der Waals surface area contributed by atoms with E-state index in [9.17, 15) is 9.59 Å². The third-order valence-electron chi connectivity index (χ3n) is 7.11. The standard InChI is InChI=1S/C27H28N6O2S/c1-31-22(17-32-15-19-10-5-6-11-20(19)16-32)29-25-23(26(31)35)30-27(36-25)33-13-7-12-21(33)24(34)28-14-18-8-3-2-4-9-18/h2-6,8-11,21H,7,12-17H2,1H3,(H,28,34). The summed E-state index contributed by atoms with van der Waals surface area (Å²) in [6, 6.07) is 18.0. The normalized spacial score (nSPS) is 17.6. The van der Waals surface area contributed by atoms with Crippen molar-refractivity contribution in [1.82, 2.24) is 24.8 Å². The molecule has 4 heterocycles. The second-order valence-electron chi connectivity index (χ2n) is 9.51. The predicted octanol–water partition coefficient (Wildman–Crippen LogP) is 3.19. The summed E-state index contributed by atoms with van der Waals surface area (Å²) in [6.45, 7) is 3.53. The van der Waals surface area contributed by atoms with Crippen molar-refractivity contribution in [2.45, 2.75) is 45.1 Å². The van der Waals surface area contributed by atoms with Crippen molar-refractivity contribution in [3.05, 3.63) is 87.5 Å². The molecule has 1 saturated heterocycles. The Bertz CT molecular complexity index is 1460. The van der Waals surface area contributed by atoms with E-state index in [1.165, 1.54) is 22.5 Å². The molecule has 0 saturated carbocycles. The molecule has 2 aromatic carbocycles. The van der Waals surface area contributed by atoms with Crippen LogP contribution in [0.25, 0.3) is 10.3 Å². The average Bonchev–Trinajstić information content (AvgIpc) is 3.64. The van der Waals surface area contributed by atoms with Gasteiger partial charge in [-0.25, -0.2) is 9.97 Å². The van der Waals surface area contributed by atoms with Gasteiger partial charge in [-0.2, -0.15) is 0 Å². The summed E-state index contributed by atoms with van der Waals surface area (Å²) in [5.41, 5.74) is 3.96. The van der Waals surface area contributed by atoms with E-state index in [0.29, 0.717) is 28.6 Å². The fraction of sp³-hybridized carbons (Fsp3) is 0.333. The summed E-state index contributed by atoms with van der Waals surface area (Å²) in [6.07, 6.45) is 1.67. The first-order chi connectivity index (χ1) is 17.6. The molecule has 8 nitrogen and oxygen atoms in total. The molecule has 1 atom stereocenters. The lowest BCUT2D eigenvalue weighted by molar-refractivity contribution is -0.122. The van der Waals surface area contributed by atoms with Gasteiger partial charge in [0, 0.05) is 33.2 Å². The third kappa shape index (κ3) is 4.29. The van der Waals surface area contributed by atoms with Gasteiger partial charge in [-0.05, 0) is 29.5 Å². The molecule has 36 heavy (non-hydrogen) atoms. The number of fused-ring (bicyclic) bond motifs is 2. The first-order valence-corrected chi connectivity index (χ1v) is 13.1. The number of nitrogens with zero attached hydrogens (tertiary/aromatic N) is 5. The molecular weight excluding hydrogens is 472 g/mol. The van der Waals surface area contributed by atoms with Gasteiger partial charge in [-0.1, -0.05) is 65.9 Å². The molecule has 6 rings (SSSR count). The summed E-state index contributed by atoms with van der Waals surface area (Å²) in [4.78, 5) is 40.7. The molecule has 9 heteroatoms. The largest absolute Gasteiger partial charge is 0.350 e. The number of anilines is 1. The van der Waals surface area contributed by atoms with Gasteiger partial charge < -0.3 is 10.2 Å². The number of amides is 1. The second-order valence-corrected chi connectivity index (χ2v) is 10.5. The van der Waals surface area contributed by atoms with Gasteiger partial charge in [-0.3, -0.25) is 19.1 Å². The molecule has 1 amide bonds. The van der Waals surface area contributed by atoms with Crippen LogP contribution in [0.2, 0.25) is 0 Å². The van der Waals surface area contributed by atoms with Crippen LogP contribution in [0.5, 0.6) is 0 Å². The highest BCUT2D eigenvalue weighted by molar-refractivity contribution is 7.21. The SMILES string of the molecule is Cn1c(CN2Cc3ccccc3C2)nc2sc(N3CCCC3C(=O)NCc3ccccc3)nc2c1=O. The Hall–Kier alpha value is -3.56. The topological polar surface area (TPSA) is 83.4 Å². The van der Waals surface area contributed by atoms with Crippen LogP contribution in [0.4, 0.5) is 5.13 Å². The van der Waals surface area contributed by atoms with Crippen LogP contribution < -0.4 is 15.8 Å². The van der Waals surface area contributed by atoms with Crippen molar-refractivity contribution < 1.29 is 4.79 Å². The van der Waals surface area contributed by atoms with E-state index in [4.69, 9.17) is 4.98 Å². The summed E-state index contributed by atoms with van der Waals surface area (Å²) in [5, 5.41) is 3.75. The van der Waals surface area contributed by atoms with Gasteiger partial charge >= 0.3 is 0 Å². The molecule has 0 bridgehead atoms. The molecule has 4 aromatic rings. The van der Waals surface area contributed by atoms with Crippen LogP contribution in [0.3, 0.4) is 0 Å². The number of aromatic nitrogens is 3. The maximum atomic E-state index is 13.2. The quantitative estimate of drug-likeness (QED) is 0.438. The minimum absolute atomic E-state index is 0.00856. The van der Waals surface area contributed by atoms with Gasteiger partial charge in [-0.15, -0.1) is 0 Å². The maximum Gasteiger partial charge on any atom is 0.280 e. The average molecular weight is 501 g/mol. The van der Waals surface area contributed by atoms with Crippen LogP contribution >= 0.6 is 11.3 Å². The van der Waals surface area contributed by atoms with Crippen molar-refractivity contribution in [3.8, 4) is 0 Å². The molecular formula is C27H28N6O2S. The molecule has 1 unspecified atom stereocenters. The first-order valence-electron chi connectivity index (χ1n) is 12.3. The fourth-order valence-electron chi connectivity index (χ4n) is 5.14. The molecule has 1 fully saturated rings. The number of carbonyl (C=O) groups is 1. The van der Waals surface area contributed by atoms with Crippen LogP contribution in [-0.2, 0) is 38.0 Å². The van der Waals surface area contributed by atoms with Crippen molar-refractivity contribution in [1.29, 1.82) is 0 Å². The molecule has 0 radical (unpaired) electrons. The van der Waals surface area contributed by atoms with Crippen LogP contribution in [0.15, 0.2) is 59.4 Å². The highest BCUT2D eigenvalue weighted by atomic mass is 32.1. The molecule has 2 aromatic heterocycles. The Kier molecular flexibility index (Phi) is 6.02. The lowest BCUT2D eigenvalue weighted by atomic mass is 10.1. The zero-order valence-electron chi connectivity index (χ0n) is 20.2. The van der Waals surface area contributed by atoms with Gasteiger partial charge in [0.25, 0.3) is 5.56 Å². The highest BCUT2D eigenvalue weighted by Gasteiger charge is 2.33. The van der Waals surface area contributed by atoms with E-state index < -0.39 is 0 Å². The van der Waals surface area contributed by atoms with Crippen LogP contribution in [-0.4, -0.2) is 37.9 Å². The van der Waals surface area contributed by atoms with E-state index >= 15 is 0 Å². The monoisotopic (exact) mass is 500 g/mol. The lowest BCUT2D eigenvalue weighted by Crippen LogP contribution is -2.43. The summed E-state index contributed by atoms with van der Waals surface area (Å²) in [5.74, 6) is 0.722. The zero-order chi connectivity index (χ0) is 24.6. The zero-order valence-corrected chi connectivity index (χ0v) is 21.0. The van der Waals surface area contributed by atoms with E-state index in [1.807, 2.05) is 35.2 Å². The molecule has 0 aliphatic carbocycles. The van der Waals surface area contributed by atoms with Crippen LogP contribution in [0.1, 0.15) is 35.4 Å². The number of hydrogen-bond donors (Lipinski definition) is 1. The van der Waals surface area contributed by atoms with Gasteiger partial charge in [0.15, 0.2) is 15.5 Å². The second kappa shape index (κ2) is 9.48. The van der Waals surface area contributed by atoms with E-state index in [-0.39, 0.29) is 17.5 Å². The molecule has 1 N–H and O–H groups in total. The van der Waals surface area contributed by atoms with Crippen LogP contribution in [0, 0.1) is 0 Å². The van der Waals surface area contributed by atoms with Crippen molar-refractivity contribution in [2.75, 3.05) is 11.4 Å².